The molecule has 0 aliphatic rings. The maximum Gasteiger partial charge on any atom is 0.123 e. The zero-order valence-electron chi connectivity index (χ0n) is 9.51. The predicted molar refractivity (Wildman–Crippen MR) is 76.0 cm³/mol. The van der Waals surface area contributed by atoms with E-state index in [4.69, 9.17) is 5.73 Å². The van der Waals surface area contributed by atoms with Crippen molar-refractivity contribution in [1.82, 2.24) is 4.98 Å². The Morgan fingerprint density at radius 3 is 2.56 bits per heavy atom. The summed E-state index contributed by atoms with van der Waals surface area (Å²) in [4.78, 5) is 4.26. The fourth-order valence-corrected chi connectivity index (χ4v) is 2.50. The van der Waals surface area contributed by atoms with Crippen LogP contribution < -0.4 is 5.73 Å². The molecule has 18 heavy (non-hydrogen) atoms. The largest absolute Gasteiger partial charge is 0.323 e. The molecule has 1 atom stereocenters. The Morgan fingerprint density at radius 1 is 1.22 bits per heavy atom. The normalized spacial score (nSPS) is 12.4. The first-order valence-electron chi connectivity index (χ1n) is 5.40. The van der Waals surface area contributed by atoms with Crippen LogP contribution in [0.3, 0.4) is 0 Å². The third-order valence-corrected chi connectivity index (χ3v) is 3.94. The summed E-state index contributed by atoms with van der Waals surface area (Å²) < 4.78 is 13.7. The number of thioether (sulfide) groups is 1. The van der Waals surface area contributed by atoms with Gasteiger partial charge in [-0.2, -0.15) is 0 Å². The lowest BCUT2D eigenvalue weighted by Gasteiger charge is -2.11. The number of halogens is 2. The molecule has 0 aliphatic heterocycles. The molecule has 5 heteroatoms. The number of hydrogen-bond donors (Lipinski definition) is 1. The molecule has 2 aromatic rings. The van der Waals surface area contributed by atoms with Crippen molar-refractivity contribution in [3.05, 3.63) is 58.4 Å². The van der Waals surface area contributed by atoms with Crippen LogP contribution in [-0.4, -0.2) is 10.7 Å². The van der Waals surface area contributed by atoms with E-state index in [1.807, 2.05) is 12.1 Å². The molecule has 1 aromatic carbocycles. The number of nitrogens with zero attached hydrogens (tertiary/aromatic N) is 1. The molecule has 1 unspecified atom stereocenters. The lowest BCUT2D eigenvalue weighted by atomic mass is 10.1. The fourth-order valence-electron chi connectivity index (χ4n) is 1.43. The van der Waals surface area contributed by atoms with Crippen LogP contribution in [0.25, 0.3) is 0 Å². The van der Waals surface area contributed by atoms with Gasteiger partial charge in [-0.1, -0.05) is 12.1 Å². The molecular formula is C13H12BrFN2S. The van der Waals surface area contributed by atoms with Gasteiger partial charge in [0.25, 0.3) is 0 Å². The van der Waals surface area contributed by atoms with Crippen LogP contribution in [0.1, 0.15) is 11.6 Å². The second kappa shape index (κ2) is 6.31. The molecule has 2 N–H and O–H groups in total. The molecule has 0 saturated heterocycles. The molecule has 0 fully saturated rings. The maximum atomic E-state index is 12.8. The highest BCUT2D eigenvalue weighted by molar-refractivity contribution is 9.10. The Balaban J connectivity index is 1.93. The van der Waals surface area contributed by atoms with Gasteiger partial charge in [0.1, 0.15) is 5.82 Å². The number of rotatable bonds is 4. The van der Waals surface area contributed by atoms with E-state index in [1.54, 1.807) is 30.1 Å². The molecule has 0 bridgehead atoms. The van der Waals surface area contributed by atoms with Crippen LogP contribution in [-0.2, 0) is 0 Å². The predicted octanol–water partition coefficient (Wildman–Crippen LogP) is 3.78. The van der Waals surface area contributed by atoms with Crippen molar-refractivity contribution in [2.45, 2.75) is 11.1 Å². The minimum atomic E-state index is -0.242. The van der Waals surface area contributed by atoms with Crippen molar-refractivity contribution in [3.63, 3.8) is 0 Å². The van der Waals surface area contributed by atoms with Crippen LogP contribution in [0.2, 0.25) is 0 Å². The standard InChI is InChI=1S/C13H12BrFN2S/c14-10-3-6-13(17-7-10)18-8-12(16)9-1-4-11(15)5-2-9/h1-7,12H,8,16H2. The highest BCUT2D eigenvalue weighted by Gasteiger charge is 2.07. The van der Waals surface area contributed by atoms with E-state index < -0.39 is 0 Å². The topological polar surface area (TPSA) is 38.9 Å². The Labute approximate surface area is 118 Å². The first-order chi connectivity index (χ1) is 8.65. The van der Waals surface area contributed by atoms with Crippen molar-refractivity contribution in [3.8, 4) is 0 Å². The summed E-state index contributed by atoms with van der Waals surface area (Å²) in [6.07, 6.45) is 1.76. The average Bonchev–Trinajstić information content (AvgIpc) is 2.38. The Kier molecular flexibility index (Phi) is 4.74. The van der Waals surface area contributed by atoms with Crippen LogP contribution in [0, 0.1) is 5.82 Å². The molecule has 94 valence electrons. The molecule has 0 spiro atoms. The van der Waals surface area contributed by atoms with Gasteiger partial charge < -0.3 is 5.73 Å². The van der Waals surface area contributed by atoms with Crippen molar-refractivity contribution in [2.75, 3.05) is 5.75 Å². The van der Waals surface area contributed by atoms with Gasteiger partial charge >= 0.3 is 0 Å². The van der Waals surface area contributed by atoms with Gasteiger partial charge in [0.15, 0.2) is 0 Å². The number of hydrogen-bond acceptors (Lipinski definition) is 3. The third kappa shape index (κ3) is 3.80. The van der Waals surface area contributed by atoms with E-state index in [9.17, 15) is 4.39 Å². The second-order valence-corrected chi connectivity index (χ2v) is 5.74. The second-order valence-electron chi connectivity index (χ2n) is 3.78. The van der Waals surface area contributed by atoms with Crippen LogP contribution in [0.15, 0.2) is 52.1 Å². The minimum Gasteiger partial charge on any atom is -0.323 e. The molecule has 1 aromatic heterocycles. The molecule has 0 amide bonds. The van der Waals surface area contributed by atoms with Crippen molar-refractivity contribution >= 4 is 27.7 Å². The zero-order valence-corrected chi connectivity index (χ0v) is 11.9. The number of aromatic nitrogens is 1. The summed E-state index contributed by atoms with van der Waals surface area (Å²) in [5.41, 5.74) is 6.97. The summed E-state index contributed by atoms with van der Waals surface area (Å²) in [7, 11) is 0. The molecule has 1 heterocycles. The number of nitrogens with two attached hydrogens (primary N) is 1. The molecule has 0 saturated carbocycles. The lowest BCUT2D eigenvalue weighted by Crippen LogP contribution is -2.12. The molecule has 0 aliphatic carbocycles. The van der Waals surface area contributed by atoms with Gasteiger partial charge in [-0.15, -0.1) is 11.8 Å². The zero-order chi connectivity index (χ0) is 13.0. The summed E-state index contributed by atoms with van der Waals surface area (Å²) in [5.74, 6) is 0.466. The molecular weight excluding hydrogens is 315 g/mol. The van der Waals surface area contributed by atoms with E-state index in [2.05, 4.69) is 20.9 Å². The average molecular weight is 327 g/mol. The van der Waals surface area contributed by atoms with Crippen LogP contribution >= 0.6 is 27.7 Å². The van der Waals surface area contributed by atoms with Crippen LogP contribution in [0.4, 0.5) is 4.39 Å². The van der Waals surface area contributed by atoms with Crippen molar-refractivity contribution in [2.24, 2.45) is 5.73 Å². The van der Waals surface area contributed by atoms with Crippen molar-refractivity contribution < 1.29 is 4.39 Å². The lowest BCUT2D eigenvalue weighted by molar-refractivity contribution is 0.626. The maximum absolute atomic E-state index is 12.8. The Hall–Kier alpha value is -0.910. The SMILES string of the molecule is NC(CSc1ccc(Br)cn1)c1ccc(F)cc1. The van der Waals surface area contributed by atoms with Gasteiger partial charge in [0.2, 0.25) is 0 Å². The summed E-state index contributed by atoms with van der Waals surface area (Å²) in [5, 5.41) is 0.927. The van der Waals surface area contributed by atoms with E-state index >= 15 is 0 Å². The van der Waals surface area contributed by atoms with Gasteiger partial charge in [-0.05, 0) is 45.8 Å². The molecule has 0 radical (unpaired) electrons. The Morgan fingerprint density at radius 2 is 1.94 bits per heavy atom. The number of pyridine rings is 1. The Bertz CT molecular complexity index is 501. The first kappa shape index (κ1) is 13.5. The van der Waals surface area contributed by atoms with Gasteiger partial charge in [0.05, 0.1) is 5.03 Å². The highest BCUT2D eigenvalue weighted by Crippen LogP contribution is 2.22. The summed E-state index contributed by atoms with van der Waals surface area (Å²) >= 11 is 4.92. The van der Waals surface area contributed by atoms with E-state index in [0.29, 0.717) is 5.75 Å². The van der Waals surface area contributed by atoms with E-state index in [-0.39, 0.29) is 11.9 Å². The number of benzene rings is 1. The van der Waals surface area contributed by atoms with E-state index in [1.165, 1.54) is 12.1 Å². The van der Waals surface area contributed by atoms with Gasteiger partial charge in [-0.25, -0.2) is 9.37 Å². The summed E-state index contributed by atoms with van der Waals surface area (Å²) in [6, 6.07) is 10.0. The van der Waals surface area contributed by atoms with Crippen molar-refractivity contribution in [1.29, 1.82) is 0 Å². The molecule has 2 nitrogen and oxygen atoms in total. The van der Waals surface area contributed by atoms with E-state index in [0.717, 1.165) is 15.1 Å². The quantitative estimate of drug-likeness (QED) is 0.869. The van der Waals surface area contributed by atoms with Gasteiger partial charge in [0, 0.05) is 22.5 Å². The minimum absolute atomic E-state index is 0.124. The molecule has 2 rings (SSSR count). The third-order valence-electron chi connectivity index (χ3n) is 2.41. The fraction of sp³-hybridized carbons (Fsp3) is 0.154. The first-order valence-corrected chi connectivity index (χ1v) is 7.18. The monoisotopic (exact) mass is 326 g/mol. The van der Waals surface area contributed by atoms with Crippen LogP contribution in [0.5, 0.6) is 0 Å². The highest BCUT2D eigenvalue weighted by atomic mass is 79.9. The summed E-state index contributed by atoms with van der Waals surface area (Å²) in [6.45, 7) is 0. The van der Waals surface area contributed by atoms with Gasteiger partial charge in [-0.3, -0.25) is 0 Å². The smallest absolute Gasteiger partial charge is 0.123 e.